The summed E-state index contributed by atoms with van der Waals surface area (Å²) in [5.41, 5.74) is 2.14. The molecule has 1 fully saturated rings. The fourth-order valence-electron chi connectivity index (χ4n) is 2.45. The lowest BCUT2D eigenvalue weighted by Crippen LogP contribution is -2.40. The van der Waals surface area contributed by atoms with E-state index in [1.54, 1.807) is 11.3 Å². The van der Waals surface area contributed by atoms with Gasteiger partial charge in [-0.2, -0.15) is 0 Å². The topological polar surface area (TPSA) is 54.5 Å². The van der Waals surface area contributed by atoms with Crippen molar-refractivity contribution in [3.63, 3.8) is 0 Å². The van der Waals surface area contributed by atoms with E-state index in [1.807, 2.05) is 41.5 Å². The van der Waals surface area contributed by atoms with Gasteiger partial charge in [0.25, 0.3) is 0 Å². The van der Waals surface area contributed by atoms with Gasteiger partial charge in [0.2, 0.25) is 0 Å². The number of hydrogen-bond acceptors (Lipinski definition) is 4. The van der Waals surface area contributed by atoms with E-state index in [2.05, 4.69) is 17.2 Å². The van der Waals surface area contributed by atoms with Crippen molar-refractivity contribution in [3.8, 4) is 5.75 Å². The highest BCUT2D eigenvalue weighted by Crippen LogP contribution is 2.28. The highest BCUT2D eigenvalue weighted by molar-refractivity contribution is 7.09. The van der Waals surface area contributed by atoms with Gasteiger partial charge in [-0.1, -0.05) is 17.7 Å². The quantitative estimate of drug-likeness (QED) is 0.832. The van der Waals surface area contributed by atoms with Crippen molar-refractivity contribution in [2.45, 2.75) is 45.9 Å². The van der Waals surface area contributed by atoms with Crippen LogP contribution in [0, 0.1) is 6.92 Å². The lowest BCUT2D eigenvalue weighted by molar-refractivity contribution is 0.192. The van der Waals surface area contributed by atoms with Gasteiger partial charge in [0, 0.05) is 18.0 Å². The second-order valence-corrected chi connectivity index (χ2v) is 6.97. The summed E-state index contributed by atoms with van der Waals surface area (Å²) in [6.07, 6.45) is 2.18. The number of nitrogens with zero attached hydrogens (tertiary/aromatic N) is 2. The van der Waals surface area contributed by atoms with Gasteiger partial charge in [0.1, 0.15) is 17.4 Å². The summed E-state index contributed by atoms with van der Waals surface area (Å²) in [6, 6.07) is 8.36. The van der Waals surface area contributed by atoms with Crippen LogP contribution in [0.5, 0.6) is 5.75 Å². The minimum absolute atomic E-state index is 0.00505. The Kier molecular flexibility index (Phi) is 5.35. The third-order valence-corrected chi connectivity index (χ3v) is 4.76. The molecule has 1 heterocycles. The zero-order valence-electron chi connectivity index (χ0n) is 14.1. The summed E-state index contributed by atoms with van der Waals surface area (Å²) in [6.45, 7) is 5.66. The van der Waals surface area contributed by atoms with Crippen molar-refractivity contribution < 1.29 is 9.53 Å². The van der Waals surface area contributed by atoms with Gasteiger partial charge in [-0.25, -0.2) is 9.78 Å². The van der Waals surface area contributed by atoms with Crippen LogP contribution in [-0.4, -0.2) is 28.5 Å². The Bertz CT molecular complexity index is 680. The van der Waals surface area contributed by atoms with E-state index in [4.69, 9.17) is 4.74 Å². The Balaban J connectivity index is 1.56. The molecule has 1 saturated carbocycles. The molecule has 1 aliphatic rings. The van der Waals surface area contributed by atoms with Crippen LogP contribution < -0.4 is 10.1 Å². The molecule has 2 aromatic rings. The fraction of sp³-hybridized carbons (Fsp3) is 0.444. The molecule has 2 amide bonds. The van der Waals surface area contributed by atoms with Crippen LogP contribution in [0.3, 0.4) is 0 Å². The third-order valence-electron chi connectivity index (χ3n) is 3.89. The maximum absolute atomic E-state index is 12.1. The first-order chi connectivity index (χ1) is 11.7. The smallest absolute Gasteiger partial charge is 0.317 e. The number of urea groups is 1. The predicted molar refractivity (Wildman–Crippen MR) is 95.3 cm³/mol. The van der Waals surface area contributed by atoms with Crippen LogP contribution in [0.25, 0.3) is 0 Å². The zero-order chi connectivity index (χ0) is 16.9. The second kappa shape index (κ2) is 7.66. The lowest BCUT2D eigenvalue weighted by Gasteiger charge is -2.21. The first kappa shape index (κ1) is 16.8. The number of hydrogen-bond donors (Lipinski definition) is 1. The van der Waals surface area contributed by atoms with Crippen molar-refractivity contribution in [1.29, 1.82) is 0 Å². The molecule has 1 N–H and O–H groups in total. The van der Waals surface area contributed by atoms with E-state index in [-0.39, 0.29) is 6.03 Å². The zero-order valence-corrected chi connectivity index (χ0v) is 14.9. The molecule has 5 nitrogen and oxygen atoms in total. The van der Waals surface area contributed by atoms with E-state index in [0.717, 1.165) is 29.3 Å². The molecule has 0 spiro atoms. The van der Waals surface area contributed by atoms with E-state index in [1.165, 1.54) is 5.56 Å². The van der Waals surface area contributed by atoms with Gasteiger partial charge in [-0.3, -0.25) is 0 Å². The summed E-state index contributed by atoms with van der Waals surface area (Å²) in [4.78, 5) is 18.6. The van der Waals surface area contributed by atoms with Crippen molar-refractivity contribution in [3.05, 3.63) is 45.9 Å². The van der Waals surface area contributed by atoms with Gasteiger partial charge >= 0.3 is 6.03 Å². The van der Waals surface area contributed by atoms with Crippen LogP contribution in [-0.2, 0) is 13.2 Å². The number of thiazole rings is 1. The molecule has 0 saturated heterocycles. The summed E-state index contributed by atoms with van der Waals surface area (Å²) in [5.74, 6) is 0.847. The molecule has 0 atom stereocenters. The summed E-state index contributed by atoms with van der Waals surface area (Å²) >= 11 is 1.58. The standard InChI is InChI=1S/C18H23N3O2S/c1-3-19-18(22)21(15-6-7-15)10-14-12-24-17(20-14)11-23-16-8-4-13(2)5-9-16/h4-5,8-9,12,15H,3,6-7,10-11H2,1-2H3,(H,19,22). The van der Waals surface area contributed by atoms with Gasteiger partial charge in [-0.15, -0.1) is 11.3 Å². The normalized spacial score (nSPS) is 13.6. The molecule has 0 radical (unpaired) electrons. The Labute approximate surface area is 146 Å². The summed E-state index contributed by atoms with van der Waals surface area (Å²) < 4.78 is 5.77. The Hall–Kier alpha value is -2.08. The number of benzene rings is 1. The number of aromatic nitrogens is 1. The summed E-state index contributed by atoms with van der Waals surface area (Å²) in [7, 11) is 0. The number of nitrogens with one attached hydrogen (secondary N) is 1. The fourth-order valence-corrected chi connectivity index (χ4v) is 3.14. The van der Waals surface area contributed by atoms with E-state index in [0.29, 0.717) is 25.7 Å². The monoisotopic (exact) mass is 345 g/mol. The van der Waals surface area contributed by atoms with E-state index >= 15 is 0 Å². The number of carbonyl (C=O) groups is 1. The molecule has 1 aliphatic carbocycles. The molecule has 1 aromatic carbocycles. The van der Waals surface area contributed by atoms with Gasteiger partial charge in [0.05, 0.1) is 12.2 Å². The number of aryl methyl sites for hydroxylation is 1. The average molecular weight is 345 g/mol. The van der Waals surface area contributed by atoms with Crippen LogP contribution in [0.4, 0.5) is 4.79 Å². The number of amides is 2. The van der Waals surface area contributed by atoms with Gasteiger partial charge in [0.15, 0.2) is 0 Å². The maximum Gasteiger partial charge on any atom is 0.317 e. The lowest BCUT2D eigenvalue weighted by atomic mass is 10.2. The third kappa shape index (κ3) is 4.47. The highest BCUT2D eigenvalue weighted by Gasteiger charge is 2.32. The van der Waals surface area contributed by atoms with E-state index < -0.39 is 0 Å². The minimum atomic E-state index is 0.00505. The number of ether oxygens (including phenoxy) is 1. The van der Waals surface area contributed by atoms with Crippen LogP contribution >= 0.6 is 11.3 Å². The van der Waals surface area contributed by atoms with Crippen molar-refractivity contribution in [1.82, 2.24) is 15.2 Å². The van der Waals surface area contributed by atoms with Crippen molar-refractivity contribution >= 4 is 17.4 Å². The molecule has 3 rings (SSSR count). The predicted octanol–water partition coefficient (Wildman–Crippen LogP) is 3.72. The molecule has 0 bridgehead atoms. The maximum atomic E-state index is 12.1. The number of rotatable bonds is 7. The number of carbonyl (C=O) groups excluding carboxylic acids is 1. The molecule has 6 heteroatoms. The molecule has 0 aliphatic heterocycles. The molecule has 24 heavy (non-hydrogen) atoms. The molecular weight excluding hydrogens is 322 g/mol. The second-order valence-electron chi connectivity index (χ2n) is 6.03. The van der Waals surface area contributed by atoms with Crippen molar-refractivity contribution in [2.75, 3.05) is 6.54 Å². The summed E-state index contributed by atoms with van der Waals surface area (Å²) in [5, 5.41) is 5.83. The first-order valence-corrected chi connectivity index (χ1v) is 9.21. The van der Waals surface area contributed by atoms with Crippen LogP contribution in [0.2, 0.25) is 0 Å². The molecular formula is C18H23N3O2S. The Morgan fingerprint density at radius 1 is 1.38 bits per heavy atom. The largest absolute Gasteiger partial charge is 0.486 e. The highest BCUT2D eigenvalue weighted by atomic mass is 32.1. The minimum Gasteiger partial charge on any atom is -0.486 e. The van der Waals surface area contributed by atoms with Crippen LogP contribution in [0.15, 0.2) is 29.6 Å². The van der Waals surface area contributed by atoms with Gasteiger partial charge in [-0.05, 0) is 38.8 Å². The molecule has 128 valence electrons. The first-order valence-electron chi connectivity index (χ1n) is 8.33. The Morgan fingerprint density at radius 2 is 2.12 bits per heavy atom. The van der Waals surface area contributed by atoms with Crippen LogP contribution in [0.1, 0.15) is 36.0 Å². The average Bonchev–Trinajstić information content (AvgIpc) is 3.32. The molecule has 0 unspecified atom stereocenters. The SMILES string of the molecule is CCNC(=O)N(Cc1csc(COc2ccc(C)cc2)n1)C1CC1. The molecule has 1 aromatic heterocycles. The van der Waals surface area contributed by atoms with Crippen molar-refractivity contribution in [2.24, 2.45) is 0 Å². The van der Waals surface area contributed by atoms with Gasteiger partial charge < -0.3 is 15.0 Å². The van der Waals surface area contributed by atoms with E-state index in [9.17, 15) is 4.79 Å². The Morgan fingerprint density at radius 3 is 2.79 bits per heavy atom.